The Morgan fingerprint density at radius 2 is 2.24 bits per heavy atom. The number of urea groups is 1. The predicted molar refractivity (Wildman–Crippen MR) is 68.1 cm³/mol. The van der Waals surface area contributed by atoms with Gasteiger partial charge in [-0.15, -0.1) is 0 Å². The van der Waals surface area contributed by atoms with E-state index in [-0.39, 0.29) is 6.03 Å². The fourth-order valence-corrected chi connectivity index (χ4v) is 2.44. The summed E-state index contributed by atoms with van der Waals surface area (Å²) in [6.07, 6.45) is 4.37. The van der Waals surface area contributed by atoms with Crippen molar-refractivity contribution < 1.29 is 4.79 Å². The number of benzene rings is 1. The molecule has 4 nitrogen and oxygen atoms in total. The van der Waals surface area contributed by atoms with Gasteiger partial charge in [0, 0.05) is 24.0 Å². The van der Waals surface area contributed by atoms with Crippen LogP contribution in [0, 0.1) is 0 Å². The zero-order chi connectivity index (χ0) is 11.8. The molecule has 0 bridgehead atoms. The minimum atomic E-state index is 0.0400. The maximum atomic E-state index is 12.1. The molecule has 1 aliphatic carbocycles. The van der Waals surface area contributed by atoms with Gasteiger partial charge in [-0.3, -0.25) is 4.90 Å². The largest absolute Gasteiger partial charge is 0.399 e. The number of hydrogen-bond donors (Lipinski definition) is 2. The van der Waals surface area contributed by atoms with Crippen molar-refractivity contribution in [1.82, 2.24) is 5.32 Å². The monoisotopic (exact) mass is 231 g/mol. The molecule has 1 fully saturated rings. The minimum Gasteiger partial charge on any atom is -0.399 e. The van der Waals surface area contributed by atoms with Gasteiger partial charge in [0.2, 0.25) is 0 Å². The number of nitrogen functional groups attached to an aromatic ring is 1. The second-order valence-electron chi connectivity index (χ2n) is 4.87. The van der Waals surface area contributed by atoms with Crippen LogP contribution < -0.4 is 16.0 Å². The van der Waals surface area contributed by atoms with Crippen LogP contribution in [0.25, 0.3) is 0 Å². The summed E-state index contributed by atoms with van der Waals surface area (Å²) in [5.41, 5.74) is 8.70. The molecule has 2 amide bonds. The molecule has 17 heavy (non-hydrogen) atoms. The van der Waals surface area contributed by atoms with Gasteiger partial charge in [-0.2, -0.15) is 0 Å². The maximum Gasteiger partial charge on any atom is 0.322 e. The van der Waals surface area contributed by atoms with Crippen molar-refractivity contribution in [2.45, 2.75) is 31.7 Å². The first kappa shape index (κ1) is 10.4. The van der Waals surface area contributed by atoms with Crippen LogP contribution in [0.3, 0.4) is 0 Å². The second kappa shape index (κ2) is 3.95. The van der Waals surface area contributed by atoms with E-state index in [1.165, 1.54) is 12.0 Å². The van der Waals surface area contributed by atoms with Crippen LogP contribution in [0.15, 0.2) is 18.2 Å². The third kappa shape index (κ3) is 1.84. The first-order valence-corrected chi connectivity index (χ1v) is 6.20. The van der Waals surface area contributed by atoms with Crippen molar-refractivity contribution >= 4 is 17.4 Å². The van der Waals surface area contributed by atoms with Gasteiger partial charge < -0.3 is 11.1 Å². The molecule has 0 atom stereocenters. The molecule has 0 aromatic heterocycles. The third-order valence-corrected chi connectivity index (χ3v) is 3.68. The van der Waals surface area contributed by atoms with E-state index >= 15 is 0 Å². The first-order valence-electron chi connectivity index (χ1n) is 6.20. The summed E-state index contributed by atoms with van der Waals surface area (Å²) in [6, 6.07) is 6.19. The quantitative estimate of drug-likeness (QED) is 0.725. The topological polar surface area (TPSA) is 58.4 Å². The van der Waals surface area contributed by atoms with E-state index in [0.29, 0.717) is 6.04 Å². The number of hydrogen-bond acceptors (Lipinski definition) is 2. The minimum absolute atomic E-state index is 0.0400. The number of carbonyl (C=O) groups is 1. The average Bonchev–Trinajstić information content (AvgIpc) is 2.66. The van der Waals surface area contributed by atoms with Crippen LogP contribution >= 0.6 is 0 Å². The molecule has 0 spiro atoms. The lowest BCUT2D eigenvalue weighted by atomic mass is 9.93. The van der Waals surface area contributed by atoms with E-state index in [1.807, 2.05) is 23.1 Å². The number of fused-ring (bicyclic) bond motifs is 1. The average molecular weight is 231 g/mol. The summed E-state index contributed by atoms with van der Waals surface area (Å²) in [7, 11) is 0. The summed E-state index contributed by atoms with van der Waals surface area (Å²) in [6.45, 7) is 0.761. The number of nitrogens with two attached hydrogens (primary N) is 1. The molecule has 1 saturated carbocycles. The molecule has 2 aliphatic rings. The number of nitrogens with one attached hydrogen (secondary N) is 1. The maximum absolute atomic E-state index is 12.1. The molecule has 3 rings (SSSR count). The zero-order valence-electron chi connectivity index (χ0n) is 9.78. The molecule has 90 valence electrons. The molecule has 0 radical (unpaired) electrons. The summed E-state index contributed by atoms with van der Waals surface area (Å²) in [4.78, 5) is 13.9. The lowest BCUT2D eigenvalue weighted by molar-refractivity contribution is 0.234. The molecule has 1 aliphatic heterocycles. The molecule has 3 N–H and O–H groups in total. The van der Waals surface area contributed by atoms with Gasteiger partial charge in [0.15, 0.2) is 0 Å². The lowest BCUT2D eigenvalue weighted by Crippen LogP contribution is -2.46. The van der Waals surface area contributed by atoms with Gasteiger partial charge in [-0.25, -0.2) is 4.79 Å². The van der Waals surface area contributed by atoms with Crippen molar-refractivity contribution in [3.05, 3.63) is 23.8 Å². The Morgan fingerprint density at radius 1 is 1.41 bits per heavy atom. The van der Waals surface area contributed by atoms with Gasteiger partial charge in [-0.05, 0) is 49.4 Å². The number of nitrogens with zero attached hydrogens (tertiary/aromatic N) is 1. The fourth-order valence-electron chi connectivity index (χ4n) is 2.44. The van der Waals surface area contributed by atoms with Gasteiger partial charge in [0.25, 0.3) is 0 Å². The third-order valence-electron chi connectivity index (χ3n) is 3.68. The highest BCUT2D eigenvalue weighted by Crippen LogP contribution is 2.30. The van der Waals surface area contributed by atoms with Crippen molar-refractivity contribution in [3.8, 4) is 0 Å². The summed E-state index contributed by atoms with van der Waals surface area (Å²) in [5, 5.41) is 3.07. The van der Waals surface area contributed by atoms with Gasteiger partial charge in [0.1, 0.15) is 0 Å². The van der Waals surface area contributed by atoms with Crippen molar-refractivity contribution in [2.75, 3.05) is 17.2 Å². The molecule has 4 heteroatoms. The number of anilines is 2. The van der Waals surface area contributed by atoms with Crippen LogP contribution in [0.1, 0.15) is 24.8 Å². The van der Waals surface area contributed by atoms with E-state index in [2.05, 4.69) is 5.32 Å². The SMILES string of the molecule is Nc1ccc2c(c1)CCN2C(=O)NC1CCC1. The van der Waals surface area contributed by atoms with Crippen LogP contribution in [0.2, 0.25) is 0 Å². The van der Waals surface area contributed by atoms with Gasteiger partial charge in [-0.1, -0.05) is 0 Å². The fraction of sp³-hybridized carbons (Fsp3) is 0.462. The van der Waals surface area contributed by atoms with E-state index in [0.717, 1.165) is 37.2 Å². The Balaban J connectivity index is 1.75. The molecule has 0 unspecified atom stereocenters. The first-order chi connectivity index (χ1) is 8.24. The Bertz CT molecular complexity index is 454. The van der Waals surface area contributed by atoms with E-state index in [1.54, 1.807) is 0 Å². The van der Waals surface area contributed by atoms with Gasteiger partial charge >= 0.3 is 6.03 Å². The standard InChI is InChI=1S/C13H17N3O/c14-10-4-5-12-9(8-10)6-7-16(12)13(17)15-11-2-1-3-11/h4-5,8,11H,1-3,6-7,14H2,(H,15,17). The second-order valence-corrected chi connectivity index (χ2v) is 4.87. The van der Waals surface area contributed by atoms with Crippen molar-refractivity contribution in [3.63, 3.8) is 0 Å². The summed E-state index contributed by atoms with van der Waals surface area (Å²) in [5.74, 6) is 0. The number of rotatable bonds is 1. The predicted octanol–water partition coefficient (Wildman–Crippen LogP) is 1.89. The Labute approximate surface area is 101 Å². The zero-order valence-corrected chi connectivity index (χ0v) is 9.78. The van der Waals surface area contributed by atoms with E-state index in [4.69, 9.17) is 5.73 Å². The molecular weight excluding hydrogens is 214 g/mol. The normalized spacial score (nSPS) is 18.7. The van der Waals surface area contributed by atoms with Gasteiger partial charge in [0.05, 0.1) is 0 Å². The Kier molecular flexibility index (Phi) is 2.42. The highest BCUT2D eigenvalue weighted by Gasteiger charge is 2.27. The molecule has 1 aromatic carbocycles. The highest BCUT2D eigenvalue weighted by atomic mass is 16.2. The highest BCUT2D eigenvalue weighted by molar-refractivity contribution is 5.94. The summed E-state index contributed by atoms with van der Waals surface area (Å²) < 4.78 is 0. The Hall–Kier alpha value is -1.71. The van der Waals surface area contributed by atoms with Crippen molar-refractivity contribution in [2.24, 2.45) is 0 Å². The molecular formula is C13H17N3O. The van der Waals surface area contributed by atoms with Crippen LogP contribution in [-0.4, -0.2) is 18.6 Å². The summed E-state index contributed by atoms with van der Waals surface area (Å²) >= 11 is 0. The van der Waals surface area contributed by atoms with E-state index < -0.39 is 0 Å². The van der Waals surface area contributed by atoms with Crippen LogP contribution in [0.5, 0.6) is 0 Å². The molecule has 1 heterocycles. The Morgan fingerprint density at radius 3 is 2.94 bits per heavy atom. The van der Waals surface area contributed by atoms with Crippen molar-refractivity contribution in [1.29, 1.82) is 0 Å². The lowest BCUT2D eigenvalue weighted by Gasteiger charge is -2.29. The van der Waals surface area contributed by atoms with Crippen LogP contribution in [-0.2, 0) is 6.42 Å². The molecule has 0 saturated heterocycles. The number of carbonyl (C=O) groups excluding carboxylic acids is 1. The van der Waals surface area contributed by atoms with E-state index in [9.17, 15) is 4.79 Å². The smallest absolute Gasteiger partial charge is 0.322 e. The molecule has 1 aromatic rings. The number of amides is 2. The van der Waals surface area contributed by atoms with Crippen LogP contribution in [0.4, 0.5) is 16.2 Å².